The minimum atomic E-state index is -0.648. The van der Waals surface area contributed by atoms with Crippen LogP contribution in [0.4, 0.5) is 11.5 Å². The number of methoxy groups -OCH3 is 1. The summed E-state index contributed by atoms with van der Waals surface area (Å²) in [6, 6.07) is 0. The molecule has 0 atom stereocenters. The topological polar surface area (TPSA) is 107 Å². The number of aromatic nitrogens is 2. The molecule has 0 saturated carbocycles. The lowest BCUT2D eigenvalue weighted by atomic mass is 10.3. The summed E-state index contributed by atoms with van der Waals surface area (Å²) in [5.41, 5.74) is -0.208. The van der Waals surface area contributed by atoms with Crippen molar-refractivity contribution >= 4 is 29.1 Å². The standard InChI is InChI=1S/C8H9ClN4O4/c1-4-6(13(15)16)7(12-8(9)11-4)10-3-5(14)17-2/h3H2,1-2H3,(H,10,11,12). The first-order valence-electron chi connectivity index (χ1n) is 4.45. The third-order valence-electron chi connectivity index (χ3n) is 1.84. The number of rotatable bonds is 4. The minimum Gasteiger partial charge on any atom is -0.468 e. The van der Waals surface area contributed by atoms with Crippen LogP contribution < -0.4 is 5.32 Å². The average Bonchev–Trinajstić information content (AvgIpc) is 2.24. The fourth-order valence-corrected chi connectivity index (χ4v) is 1.31. The number of esters is 1. The molecule has 0 unspecified atom stereocenters. The van der Waals surface area contributed by atoms with Crippen molar-refractivity contribution in [3.05, 3.63) is 21.1 Å². The van der Waals surface area contributed by atoms with E-state index in [0.29, 0.717) is 0 Å². The van der Waals surface area contributed by atoms with E-state index in [0.717, 1.165) is 0 Å². The molecule has 0 radical (unpaired) electrons. The maximum absolute atomic E-state index is 10.9. The Morgan fingerprint density at radius 1 is 1.59 bits per heavy atom. The molecule has 0 aromatic carbocycles. The normalized spacial score (nSPS) is 9.82. The van der Waals surface area contributed by atoms with Crippen molar-refractivity contribution in [2.24, 2.45) is 0 Å². The summed E-state index contributed by atoms with van der Waals surface area (Å²) in [5.74, 6) is -0.690. The molecule has 1 heterocycles. The van der Waals surface area contributed by atoms with Crippen LogP contribution in [-0.2, 0) is 9.53 Å². The van der Waals surface area contributed by atoms with Gasteiger partial charge in [-0.15, -0.1) is 0 Å². The van der Waals surface area contributed by atoms with E-state index in [1.165, 1.54) is 14.0 Å². The zero-order valence-electron chi connectivity index (χ0n) is 9.06. The number of nitrogens with zero attached hydrogens (tertiary/aromatic N) is 3. The van der Waals surface area contributed by atoms with Crippen LogP contribution in [0.3, 0.4) is 0 Å². The Bertz CT molecular complexity index is 465. The van der Waals surface area contributed by atoms with Gasteiger partial charge < -0.3 is 10.1 Å². The molecular weight excluding hydrogens is 252 g/mol. The van der Waals surface area contributed by atoms with E-state index in [2.05, 4.69) is 20.0 Å². The van der Waals surface area contributed by atoms with Gasteiger partial charge in [0.25, 0.3) is 0 Å². The van der Waals surface area contributed by atoms with Crippen molar-refractivity contribution < 1.29 is 14.5 Å². The number of carbonyl (C=O) groups excluding carboxylic acids is 1. The highest BCUT2D eigenvalue weighted by Crippen LogP contribution is 2.26. The molecule has 0 saturated heterocycles. The molecule has 0 fully saturated rings. The summed E-state index contributed by atoms with van der Waals surface area (Å²) >= 11 is 5.57. The molecule has 1 rings (SSSR count). The first-order chi connectivity index (χ1) is 7.95. The van der Waals surface area contributed by atoms with Gasteiger partial charge in [-0.3, -0.25) is 14.9 Å². The smallest absolute Gasteiger partial charge is 0.332 e. The lowest BCUT2D eigenvalue weighted by molar-refractivity contribution is -0.385. The highest BCUT2D eigenvalue weighted by atomic mass is 35.5. The Labute approximate surface area is 101 Å². The number of hydrogen-bond acceptors (Lipinski definition) is 7. The van der Waals surface area contributed by atoms with Crippen molar-refractivity contribution in [3.63, 3.8) is 0 Å². The van der Waals surface area contributed by atoms with E-state index >= 15 is 0 Å². The largest absolute Gasteiger partial charge is 0.468 e. The molecular formula is C8H9ClN4O4. The molecule has 1 aromatic rings. The highest BCUT2D eigenvalue weighted by molar-refractivity contribution is 6.28. The molecule has 0 bridgehead atoms. The van der Waals surface area contributed by atoms with Crippen molar-refractivity contribution in [2.75, 3.05) is 19.0 Å². The first-order valence-corrected chi connectivity index (χ1v) is 4.82. The average molecular weight is 261 g/mol. The number of nitro groups is 1. The van der Waals surface area contributed by atoms with Crippen LogP contribution in [0.25, 0.3) is 0 Å². The van der Waals surface area contributed by atoms with Gasteiger partial charge in [-0.1, -0.05) is 0 Å². The lowest BCUT2D eigenvalue weighted by Gasteiger charge is -2.06. The predicted octanol–water partition coefficient (Wildman–Crippen LogP) is 0.932. The fourth-order valence-electron chi connectivity index (χ4n) is 1.10. The van der Waals surface area contributed by atoms with E-state index in [1.54, 1.807) is 0 Å². The maximum Gasteiger partial charge on any atom is 0.332 e. The molecule has 0 amide bonds. The quantitative estimate of drug-likeness (QED) is 0.371. The van der Waals surface area contributed by atoms with Crippen LogP contribution in [-0.4, -0.2) is 34.5 Å². The molecule has 1 aromatic heterocycles. The molecule has 0 spiro atoms. The Hall–Kier alpha value is -1.96. The summed E-state index contributed by atoms with van der Waals surface area (Å²) in [6.07, 6.45) is 0. The van der Waals surface area contributed by atoms with Crippen LogP contribution in [0.2, 0.25) is 5.28 Å². The molecule has 0 aliphatic heterocycles. The van der Waals surface area contributed by atoms with Crippen molar-refractivity contribution in [1.82, 2.24) is 9.97 Å². The maximum atomic E-state index is 10.9. The fraction of sp³-hybridized carbons (Fsp3) is 0.375. The number of carbonyl (C=O) groups is 1. The molecule has 92 valence electrons. The van der Waals surface area contributed by atoms with Gasteiger partial charge in [-0.2, -0.15) is 4.98 Å². The zero-order chi connectivity index (χ0) is 13.0. The Balaban J connectivity index is 3.04. The van der Waals surface area contributed by atoms with Gasteiger partial charge >= 0.3 is 11.7 Å². The van der Waals surface area contributed by atoms with Gasteiger partial charge in [0.2, 0.25) is 11.1 Å². The van der Waals surface area contributed by atoms with Gasteiger partial charge in [0.15, 0.2) is 0 Å². The van der Waals surface area contributed by atoms with E-state index < -0.39 is 10.9 Å². The second kappa shape index (κ2) is 5.39. The SMILES string of the molecule is COC(=O)CNc1nc(Cl)nc(C)c1[N+](=O)[O-]. The molecule has 8 nitrogen and oxygen atoms in total. The lowest BCUT2D eigenvalue weighted by Crippen LogP contribution is -2.17. The van der Waals surface area contributed by atoms with Crippen LogP contribution in [0.15, 0.2) is 0 Å². The Morgan fingerprint density at radius 3 is 2.76 bits per heavy atom. The Morgan fingerprint density at radius 2 is 2.24 bits per heavy atom. The molecule has 0 aliphatic rings. The van der Waals surface area contributed by atoms with Crippen LogP contribution in [0, 0.1) is 17.0 Å². The third kappa shape index (κ3) is 3.25. The van der Waals surface area contributed by atoms with Crippen molar-refractivity contribution in [2.45, 2.75) is 6.92 Å². The number of aryl methyl sites for hydroxylation is 1. The predicted molar refractivity (Wildman–Crippen MR) is 58.9 cm³/mol. The monoisotopic (exact) mass is 260 g/mol. The van der Waals surface area contributed by atoms with Gasteiger partial charge in [0, 0.05) is 0 Å². The minimum absolute atomic E-state index is 0.113. The molecule has 9 heteroatoms. The zero-order valence-corrected chi connectivity index (χ0v) is 9.82. The number of ether oxygens (including phenoxy) is 1. The number of hydrogen-bond donors (Lipinski definition) is 1. The summed E-state index contributed by atoms with van der Waals surface area (Å²) < 4.78 is 4.39. The van der Waals surface area contributed by atoms with Gasteiger partial charge in [-0.05, 0) is 18.5 Å². The molecule has 1 N–H and O–H groups in total. The first kappa shape index (κ1) is 13.1. The summed E-state index contributed by atoms with van der Waals surface area (Å²) in [4.78, 5) is 28.4. The number of nitrogens with one attached hydrogen (secondary N) is 1. The third-order valence-corrected chi connectivity index (χ3v) is 2.01. The van der Waals surface area contributed by atoms with E-state index in [1.807, 2.05) is 0 Å². The number of halogens is 1. The highest BCUT2D eigenvalue weighted by Gasteiger charge is 2.21. The second-order valence-electron chi connectivity index (χ2n) is 2.96. The van der Waals surface area contributed by atoms with E-state index in [-0.39, 0.29) is 29.0 Å². The second-order valence-corrected chi connectivity index (χ2v) is 3.30. The van der Waals surface area contributed by atoms with Crippen LogP contribution in [0.1, 0.15) is 5.69 Å². The molecule has 17 heavy (non-hydrogen) atoms. The van der Waals surface area contributed by atoms with Crippen LogP contribution in [0.5, 0.6) is 0 Å². The van der Waals surface area contributed by atoms with E-state index in [4.69, 9.17) is 11.6 Å². The molecule has 0 aliphatic carbocycles. The van der Waals surface area contributed by atoms with Gasteiger partial charge in [-0.25, -0.2) is 4.98 Å². The summed E-state index contributed by atoms with van der Waals surface area (Å²) in [7, 11) is 1.20. The summed E-state index contributed by atoms with van der Waals surface area (Å²) in [5, 5.41) is 13.1. The van der Waals surface area contributed by atoms with Crippen molar-refractivity contribution in [3.8, 4) is 0 Å². The van der Waals surface area contributed by atoms with E-state index in [9.17, 15) is 14.9 Å². The summed E-state index contributed by atoms with van der Waals surface area (Å²) in [6.45, 7) is 1.18. The van der Waals surface area contributed by atoms with Crippen molar-refractivity contribution in [1.29, 1.82) is 0 Å². The van der Waals surface area contributed by atoms with Gasteiger partial charge in [0.1, 0.15) is 12.2 Å². The Kier molecular flexibility index (Phi) is 4.16. The van der Waals surface area contributed by atoms with Crippen LogP contribution >= 0.6 is 11.6 Å². The number of anilines is 1. The van der Waals surface area contributed by atoms with Gasteiger partial charge in [0.05, 0.1) is 12.0 Å².